The molecule has 2 heterocycles. The van der Waals surface area contributed by atoms with Gasteiger partial charge in [-0.25, -0.2) is 0 Å². The summed E-state index contributed by atoms with van der Waals surface area (Å²) in [5, 5.41) is 11.7. The number of hydrogen-bond donors (Lipinski definition) is 0. The van der Waals surface area contributed by atoms with Gasteiger partial charge in [-0.05, 0) is 42.5 Å². The zero-order valence-electron chi connectivity index (χ0n) is 18.3. The summed E-state index contributed by atoms with van der Waals surface area (Å²) in [6.45, 7) is 0. The molecule has 0 bridgehead atoms. The Labute approximate surface area is 222 Å². The highest BCUT2D eigenvalue weighted by Crippen LogP contribution is 2.48. The monoisotopic (exact) mass is 589 g/mol. The number of imide groups is 1. The highest BCUT2D eigenvalue weighted by Gasteiger charge is 2.58. The van der Waals surface area contributed by atoms with Gasteiger partial charge < -0.3 is 9.64 Å². The first-order valence-corrected chi connectivity index (χ1v) is 12.0. The molecule has 3 aromatic rings. The van der Waals surface area contributed by atoms with E-state index >= 15 is 0 Å². The number of nitro groups is 1. The van der Waals surface area contributed by atoms with Gasteiger partial charge in [-0.15, -0.1) is 0 Å². The van der Waals surface area contributed by atoms with Gasteiger partial charge in [0.15, 0.2) is 0 Å². The summed E-state index contributed by atoms with van der Waals surface area (Å²) in [4.78, 5) is 53.0. The van der Waals surface area contributed by atoms with Gasteiger partial charge in [0.1, 0.15) is 11.8 Å². The van der Waals surface area contributed by atoms with E-state index in [1.165, 1.54) is 30.2 Å². The normalized spacial score (nSPS) is 18.8. The van der Waals surface area contributed by atoms with Crippen molar-refractivity contribution in [1.29, 1.82) is 0 Å². The molecule has 12 heteroatoms. The third-order valence-corrected chi connectivity index (χ3v) is 7.38. The second-order valence-electron chi connectivity index (χ2n) is 8.05. The van der Waals surface area contributed by atoms with Crippen molar-refractivity contribution in [2.24, 2.45) is 0 Å². The fourth-order valence-electron chi connectivity index (χ4n) is 4.51. The molecule has 3 aromatic carbocycles. The molecule has 0 spiro atoms. The molecule has 36 heavy (non-hydrogen) atoms. The van der Waals surface area contributed by atoms with Crippen molar-refractivity contribution in [2.45, 2.75) is 12.1 Å². The zero-order chi connectivity index (χ0) is 25.9. The number of nitrogens with zero attached hydrogens (tertiary/aromatic N) is 3. The van der Waals surface area contributed by atoms with Crippen molar-refractivity contribution >= 4 is 68.2 Å². The summed E-state index contributed by atoms with van der Waals surface area (Å²) in [6, 6.07) is 11.2. The molecule has 5 rings (SSSR count). The number of carbonyl (C=O) groups is 3. The van der Waals surface area contributed by atoms with Crippen LogP contribution in [0.5, 0.6) is 5.75 Å². The van der Waals surface area contributed by atoms with E-state index in [0.29, 0.717) is 26.5 Å². The average molecular weight is 591 g/mol. The molecule has 0 radical (unpaired) electrons. The quantitative estimate of drug-likeness (QED) is 0.170. The van der Waals surface area contributed by atoms with Crippen LogP contribution in [0.25, 0.3) is 0 Å². The van der Waals surface area contributed by atoms with Crippen LogP contribution in [0.1, 0.15) is 32.3 Å². The van der Waals surface area contributed by atoms with Crippen LogP contribution in [-0.2, 0) is 4.79 Å². The number of β-lactam (4-membered cyclic amide) rings is 1. The topological polar surface area (TPSA) is 110 Å². The minimum absolute atomic E-state index is 0.00801. The van der Waals surface area contributed by atoms with Gasteiger partial charge in [-0.3, -0.25) is 29.4 Å². The summed E-state index contributed by atoms with van der Waals surface area (Å²) < 4.78 is 6.20. The van der Waals surface area contributed by atoms with Crippen LogP contribution in [0.4, 0.5) is 11.4 Å². The summed E-state index contributed by atoms with van der Waals surface area (Å²) in [5.41, 5.74) is 0.468. The van der Waals surface area contributed by atoms with Crippen molar-refractivity contribution in [1.82, 2.24) is 4.90 Å². The standard InChI is InChI=1S/C24H14BrCl2N3O6/c1-36-19-7-2-11(25)8-16(19)20-21(24(33)28(20)12-4-6-17(26)18(27)10-12)29-22(31)14-5-3-13(30(34)35)9-15(14)23(29)32/h2-10,20-21H,1H3. The van der Waals surface area contributed by atoms with Gasteiger partial charge in [0.25, 0.3) is 23.4 Å². The second-order valence-corrected chi connectivity index (χ2v) is 9.78. The van der Waals surface area contributed by atoms with Gasteiger partial charge in [-0.1, -0.05) is 39.1 Å². The van der Waals surface area contributed by atoms with E-state index in [-0.39, 0.29) is 21.8 Å². The highest BCUT2D eigenvalue weighted by atomic mass is 79.9. The predicted molar refractivity (Wildman–Crippen MR) is 135 cm³/mol. The van der Waals surface area contributed by atoms with Crippen molar-refractivity contribution in [3.8, 4) is 5.75 Å². The third kappa shape index (κ3) is 3.64. The Hall–Kier alpha value is -3.47. The summed E-state index contributed by atoms with van der Waals surface area (Å²) in [7, 11) is 1.47. The Kier molecular flexibility index (Phi) is 5.98. The maximum absolute atomic E-state index is 13.6. The number of non-ortho nitro benzene ring substituents is 1. The second kappa shape index (κ2) is 8.88. The molecule has 1 saturated heterocycles. The van der Waals surface area contributed by atoms with Crippen LogP contribution in [0.15, 0.2) is 59.1 Å². The Morgan fingerprint density at radius 3 is 2.28 bits per heavy atom. The van der Waals surface area contributed by atoms with Crippen LogP contribution in [0.2, 0.25) is 10.0 Å². The molecular formula is C24H14BrCl2N3O6. The molecule has 0 aromatic heterocycles. The first-order valence-electron chi connectivity index (χ1n) is 10.4. The first-order chi connectivity index (χ1) is 17.1. The molecule has 2 aliphatic heterocycles. The highest BCUT2D eigenvalue weighted by molar-refractivity contribution is 9.10. The van der Waals surface area contributed by atoms with Crippen LogP contribution in [0.3, 0.4) is 0 Å². The molecule has 2 aliphatic rings. The van der Waals surface area contributed by atoms with Gasteiger partial charge in [0.05, 0.1) is 39.2 Å². The maximum atomic E-state index is 13.6. The van der Waals surface area contributed by atoms with Crippen LogP contribution >= 0.6 is 39.1 Å². The molecular weight excluding hydrogens is 577 g/mol. The van der Waals surface area contributed by atoms with E-state index in [0.717, 1.165) is 17.0 Å². The number of hydrogen-bond acceptors (Lipinski definition) is 6. The van der Waals surface area contributed by atoms with Gasteiger partial charge >= 0.3 is 0 Å². The Morgan fingerprint density at radius 2 is 1.61 bits per heavy atom. The molecule has 9 nitrogen and oxygen atoms in total. The lowest BCUT2D eigenvalue weighted by Gasteiger charge is -2.50. The number of halogens is 3. The molecule has 0 aliphatic carbocycles. The van der Waals surface area contributed by atoms with Crippen molar-refractivity contribution in [3.63, 3.8) is 0 Å². The molecule has 1 fully saturated rings. The molecule has 3 amide bonds. The molecule has 182 valence electrons. The summed E-state index contributed by atoms with van der Waals surface area (Å²) in [6.07, 6.45) is 0. The minimum Gasteiger partial charge on any atom is -0.496 e. The van der Waals surface area contributed by atoms with Crippen LogP contribution in [0, 0.1) is 10.1 Å². The molecule has 0 saturated carbocycles. The van der Waals surface area contributed by atoms with Crippen molar-refractivity contribution in [3.05, 3.63) is 95.9 Å². The SMILES string of the molecule is COc1ccc(Br)cc1C1C(N2C(=O)c3ccc([N+](=O)[O-])cc3C2=O)C(=O)N1c1ccc(Cl)c(Cl)c1. The lowest BCUT2D eigenvalue weighted by molar-refractivity contribution is -0.384. The first kappa shape index (κ1) is 24.2. The summed E-state index contributed by atoms with van der Waals surface area (Å²) >= 11 is 15.7. The van der Waals surface area contributed by atoms with Crippen molar-refractivity contribution < 1.29 is 24.0 Å². The zero-order valence-corrected chi connectivity index (χ0v) is 21.4. The Bertz CT molecular complexity index is 1500. The predicted octanol–water partition coefficient (Wildman–Crippen LogP) is 5.43. The number of carbonyl (C=O) groups excluding carboxylic acids is 3. The molecule has 2 atom stereocenters. The number of anilines is 1. The van der Waals surface area contributed by atoms with E-state index in [1.54, 1.807) is 24.3 Å². The average Bonchev–Trinajstić information content (AvgIpc) is 3.09. The van der Waals surface area contributed by atoms with E-state index in [2.05, 4.69) is 15.9 Å². The lowest BCUT2D eigenvalue weighted by atomic mass is 9.85. The largest absolute Gasteiger partial charge is 0.496 e. The van der Waals surface area contributed by atoms with Gasteiger partial charge in [0.2, 0.25) is 0 Å². The van der Waals surface area contributed by atoms with E-state index in [4.69, 9.17) is 27.9 Å². The summed E-state index contributed by atoms with van der Waals surface area (Å²) in [5.74, 6) is -1.61. The van der Waals surface area contributed by atoms with Gasteiger partial charge in [0, 0.05) is 27.9 Å². The smallest absolute Gasteiger partial charge is 0.270 e. The number of ether oxygens (including phenoxy) is 1. The van der Waals surface area contributed by atoms with E-state index < -0.39 is 34.7 Å². The Balaban J connectivity index is 1.64. The van der Waals surface area contributed by atoms with E-state index in [9.17, 15) is 24.5 Å². The van der Waals surface area contributed by atoms with E-state index in [1.807, 2.05) is 0 Å². The molecule has 2 unspecified atom stereocenters. The number of benzene rings is 3. The molecule has 0 N–H and O–H groups in total. The third-order valence-electron chi connectivity index (χ3n) is 6.15. The van der Waals surface area contributed by atoms with Crippen LogP contribution < -0.4 is 9.64 Å². The number of nitro benzene ring substituents is 1. The number of fused-ring (bicyclic) bond motifs is 1. The maximum Gasteiger partial charge on any atom is 0.270 e. The number of rotatable bonds is 5. The minimum atomic E-state index is -1.23. The van der Waals surface area contributed by atoms with Gasteiger partial charge in [-0.2, -0.15) is 0 Å². The fourth-order valence-corrected chi connectivity index (χ4v) is 5.18. The Morgan fingerprint density at radius 1 is 0.889 bits per heavy atom. The number of amides is 3. The fraction of sp³-hybridized carbons (Fsp3) is 0.125. The number of methoxy groups -OCH3 is 1. The van der Waals surface area contributed by atoms with Crippen molar-refractivity contribution in [2.75, 3.05) is 12.0 Å². The lowest BCUT2D eigenvalue weighted by Crippen LogP contribution is -2.67. The van der Waals surface area contributed by atoms with Crippen LogP contribution in [-0.4, -0.2) is 40.7 Å².